The van der Waals surface area contributed by atoms with Crippen molar-refractivity contribution in [2.45, 2.75) is 37.6 Å². The van der Waals surface area contributed by atoms with Gasteiger partial charge in [0.15, 0.2) is 0 Å². The van der Waals surface area contributed by atoms with Crippen molar-refractivity contribution in [2.75, 3.05) is 44.7 Å². The Morgan fingerprint density at radius 2 is 1.78 bits per heavy atom. The van der Waals surface area contributed by atoms with Gasteiger partial charge in [-0.15, -0.1) is 0 Å². The van der Waals surface area contributed by atoms with Gasteiger partial charge in [-0.3, -0.25) is 10.1 Å². The van der Waals surface area contributed by atoms with Gasteiger partial charge in [0.25, 0.3) is 5.69 Å². The number of piperazine rings is 1. The van der Waals surface area contributed by atoms with E-state index in [1.165, 1.54) is 16.4 Å². The summed E-state index contributed by atoms with van der Waals surface area (Å²) < 4.78 is 27.3. The van der Waals surface area contributed by atoms with Crippen molar-refractivity contribution in [1.29, 1.82) is 0 Å². The van der Waals surface area contributed by atoms with E-state index < -0.39 is 14.9 Å². The molecule has 1 aromatic carbocycles. The molecule has 0 saturated carbocycles. The summed E-state index contributed by atoms with van der Waals surface area (Å²) in [7, 11) is -1.78. The zero-order valence-corrected chi connectivity index (χ0v) is 17.0. The molecular weight excluding hydrogens is 368 g/mol. The second-order valence-corrected chi connectivity index (χ2v) is 9.74. The molecule has 0 spiro atoms. The number of sulfonamides is 1. The highest BCUT2D eigenvalue weighted by atomic mass is 32.2. The monoisotopic (exact) mass is 396 g/mol. The lowest BCUT2D eigenvalue weighted by molar-refractivity contribution is -0.384. The topological polar surface area (TPSA) is 87.0 Å². The molecule has 2 saturated heterocycles. The number of nitro benzene ring substituents is 1. The van der Waals surface area contributed by atoms with Gasteiger partial charge in [-0.25, -0.2) is 8.42 Å². The number of piperidine rings is 1. The Labute approximate surface area is 160 Å². The molecule has 2 unspecified atom stereocenters. The molecule has 9 heteroatoms. The molecule has 8 nitrogen and oxygen atoms in total. The van der Waals surface area contributed by atoms with E-state index in [-0.39, 0.29) is 16.6 Å². The van der Waals surface area contributed by atoms with Gasteiger partial charge in [0, 0.05) is 44.8 Å². The average Bonchev–Trinajstić information content (AvgIpc) is 2.63. The van der Waals surface area contributed by atoms with Crippen LogP contribution in [0.25, 0.3) is 0 Å². The molecular formula is C18H28N4O4S. The molecule has 2 aliphatic heterocycles. The summed E-state index contributed by atoms with van der Waals surface area (Å²) in [4.78, 5) is 15.4. The third-order valence-corrected chi connectivity index (χ3v) is 7.57. The highest BCUT2D eigenvalue weighted by Crippen LogP contribution is 2.36. The van der Waals surface area contributed by atoms with Gasteiger partial charge in [0.2, 0.25) is 10.0 Å². The van der Waals surface area contributed by atoms with E-state index in [9.17, 15) is 18.5 Å². The van der Waals surface area contributed by atoms with Crippen LogP contribution in [0.5, 0.6) is 0 Å². The van der Waals surface area contributed by atoms with E-state index in [1.807, 2.05) is 11.9 Å². The quantitative estimate of drug-likeness (QED) is 0.573. The van der Waals surface area contributed by atoms with Crippen LogP contribution in [0.1, 0.15) is 26.7 Å². The van der Waals surface area contributed by atoms with Gasteiger partial charge < -0.3 is 9.80 Å². The number of benzene rings is 1. The minimum absolute atomic E-state index is 0.000198. The highest BCUT2D eigenvalue weighted by molar-refractivity contribution is 7.89. The first-order valence-electron chi connectivity index (χ1n) is 9.44. The number of nitro groups is 1. The van der Waals surface area contributed by atoms with E-state index >= 15 is 0 Å². The van der Waals surface area contributed by atoms with E-state index in [2.05, 4.69) is 18.7 Å². The van der Waals surface area contributed by atoms with Gasteiger partial charge >= 0.3 is 0 Å². The van der Waals surface area contributed by atoms with Crippen LogP contribution in [-0.2, 0) is 10.0 Å². The number of nitrogens with zero attached hydrogens (tertiary/aromatic N) is 4. The normalized spacial score (nSPS) is 25.5. The third kappa shape index (κ3) is 4.09. The van der Waals surface area contributed by atoms with Crippen molar-refractivity contribution >= 4 is 21.4 Å². The SMILES string of the molecule is CC1CCC(C)N(c2ccc(S(=O)(=O)N3CCN(C)CC3)cc2[N+](=O)[O-])C1. The fourth-order valence-electron chi connectivity index (χ4n) is 3.85. The zero-order valence-electron chi connectivity index (χ0n) is 16.2. The lowest BCUT2D eigenvalue weighted by atomic mass is 9.94. The summed E-state index contributed by atoms with van der Waals surface area (Å²) in [6.07, 6.45) is 2.07. The predicted molar refractivity (Wildman–Crippen MR) is 105 cm³/mol. The lowest BCUT2D eigenvalue weighted by Crippen LogP contribution is -2.47. The molecule has 150 valence electrons. The maximum absolute atomic E-state index is 12.9. The molecule has 0 amide bonds. The second-order valence-electron chi connectivity index (χ2n) is 7.80. The summed E-state index contributed by atoms with van der Waals surface area (Å²) in [5, 5.41) is 11.7. The first kappa shape index (κ1) is 20.0. The van der Waals surface area contributed by atoms with Crippen molar-refractivity contribution in [2.24, 2.45) is 5.92 Å². The molecule has 3 rings (SSSR count). The number of likely N-dealkylation sites (N-methyl/N-ethyl adjacent to an activating group) is 1. The Hall–Kier alpha value is -1.71. The molecule has 0 aromatic heterocycles. The Morgan fingerprint density at radius 3 is 2.41 bits per heavy atom. The van der Waals surface area contributed by atoms with E-state index in [4.69, 9.17) is 0 Å². The van der Waals surface area contributed by atoms with E-state index in [1.54, 1.807) is 6.07 Å². The molecule has 2 fully saturated rings. The molecule has 27 heavy (non-hydrogen) atoms. The van der Waals surface area contributed by atoms with Gasteiger partial charge in [-0.2, -0.15) is 4.31 Å². The average molecular weight is 397 g/mol. The maximum Gasteiger partial charge on any atom is 0.293 e. The fraction of sp³-hybridized carbons (Fsp3) is 0.667. The fourth-order valence-corrected chi connectivity index (χ4v) is 5.30. The Morgan fingerprint density at radius 1 is 1.11 bits per heavy atom. The summed E-state index contributed by atoms with van der Waals surface area (Å²) >= 11 is 0. The first-order chi connectivity index (χ1) is 12.7. The maximum atomic E-state index is 12.9. The molecule has 0 N–H and O–H groups in total. The summed E-state index contributed by atoms with van der Waals surface area (Å²) in [5.41, 5.74) is 0.377. The molecule has 0 aliphatic carbocycles. The van der Waals surface area contributed by atoms with Crippen LogP contribution in [0.4, 0.5) is 11.4 Å². The number of hydrogen-bond acceptors (Lipinski definition) is 6. The summed E-state index contributed by atoms with van der Waals surface area (Å²) in [5.74, 6) is 0.453. The smallest absolute Gasteiger partial charge is 0.293 e. The largest absolute Gasteiger partial charge is 0.363 e. The van der Waals surface area contributed by atoms with Crippen LogP contribution >= 0.6 is 0 Å². The van der Waals surface area contributed by atoms with Crippen LogP contribution in [0.15, 0.2) is 23.1 Å². The molecule has 0 bridgehead atoms. The zero-order chi connectivity index (χ0) is 19.8. The molecule has 2 atom stereocenters. The van der Waals surface area contributed by atoms with Crippen LogP contribution in [0, 0.1) is 16.0 Å². The number of rotatable bonds is 4. The lowest BCUT2D eigenvalue weighted by Gasteiger charge is -2.38. The Bertz CT molecular complexity index is 806. The van der Waals surface area contributed by atoms with Gasteiger partial charge in [0.05, 0.1) is 9.82 Å². The van der Waals surface area contributed by atoms with Gasteiger partial charge in [-0.05, 0) is 44.9 Å². The molecule has 0 radical (unpaired) electrons. The van der Waals surface area contributed by atoms with Crippen LogP contribution in [0.2, 0.25) is 0 Å². The minimum Gasteiger partial charge on any atom is -0.363 e. The number of hydrogen-bond donors (Lipinski definition) is 0. The van der Waals surface area contributed by atoms with Gasteiger partial charge in [-0.1, -0.05) is 6.92 Å². The van der Waals surface area contributed by atoms with Crippen LogP contribution in [-0.4, -0.2) is 68.4 Å². The first-order valence-corrected chi connectivity index (χ1v) is 10.9. The van der Waals surface area contributed by atoms with Gasteiger partial charge in [0.1, 0.15) is 5.69 Å². The van der Waals surface area contributed by atoms with Crippen molar-refractivity contribution in [3.05, 3.63) is 28.3 Å². The molecule has 1 aromatic rings. The second kappa shape index (κ2) is 7.73. The standard InChI is InChI=1S/C18H28N4O4S/c1-14-4-5-15(2)21(13-14)17-7-6-16(12-18(17)22(23)24)27(25,26)20-10-8-19(3)9-11-20/h6-7,12,14-15H,4-5,8-11,13H2,1-3H3. The Kier molecular flexibility index (Phi) is 5.73. The van der Waals surface area contributed by atoms with E-state index in [0.29, 0.717) is 37.8 Å². The van der Waals surface area contributed by atoms with E-state index in [0.717, 1.165) is 19.4 Å². The summed E-state index contributed by atoms with van der Waals surface area (Å²) in [6, 6.07) is 4.55. The predicted octanol–water partition coefficient (Wildman–Crippen LogP) is 2.16. The highest BCUT2D eigenvalue weighted by Gasteiger charge is 2.32. The van der Waals surface area contributed by atoms with Crippen molar-refractivity contribution in [3.8, 4) is 0 Å². The molecule has 2 heterocycles. The third-order valence-electron chi connectivity index (χ3n) is 5.67. The minimum atomic E-state index is -3.73. The van der Waals surface area contributed by atoms with Crippen LogP contribution in [0.3, 0.4) is 0 Å². The van der Waals surface area contributed by atoms with Crippen molar-refractivity contribution < 1.29 is 13.3 Å². The van der Waals surface area contributed by atoms with Crippen molar-refractivity contribution in [3.63, 3.8) is 0 Å². The molecule has 2 aliphatic rings. The Balaban J connectivity index is 1.95. The van der Waals surface area contributed by atoms with Crippen LogP contribution < -0.4 is 4.90 Å². The van der Waals surface area contributed by atoms with Crippen molar-refractivity contribution in [1.82, 2.24) is 9.21 Å². The summed E-state index contributed by atoms with van der Waals surface area (Å²) in [6.45, 7) is 7.04. The number of anilines is 1.